The van der Waals surface area contributed by atoms with Crippen molar-refractivity contribution in [3.63, 3.8) is 0 Å². The van der Waals surface area contributed by atoms with Gasteiger partial charge in [-0.1, -0.05) is 79.4 Å². The van der Waals surface area contributed by atoms with Gasteiger partial charge in [-0.15, -0.1) is 0 Å². The summed E-state index contributed by atoms with van der Waals surface area (Å²) in [7, 11) is -4.14. The molecule has 1 N–H and O–H groups in total. The molecule has 0 spiro atoms. The zero-order valence-electron chi connectivity index (χ0n) is 23.8. The second-order valence-electron chi connectivity index (χ2n) is 10.7. The molecule has 0 saturated heterocycles. The Hall–Kier alpha value is -3.36. The van der Waals surface area contributed by atoms with Crippen molar-refractivity contribution >= 4 is 39.1 Å². The van der Waals surface area contributed by atoms with Gasteiger partial charge in [0.1, 0.15) is 12.6 Å². The van der Waals surface area contributed by atoms with E-state index >= 15 is 0 Å². The van der Waals surface area contributed by atoms with Gasteiger partial charge in [0.2, 0.25) is 11.8 Å². The smallest absolute Gasteiger partial charge is 0.264 e. The number of carbonyl (C=O) groups excluding carboxylic acids is 2. The van der Waals surface area contributed by atoms with Crippen LogP contribution in [0.3, 0.4) is 0 Å². The molecule has 41 heavy (non-hydrogen) atoms. The number of amides is 2. The molecule has 4 rings (SSSR count). The zero-order valence-corrected chi connectivity index (χ0v) is 25.4. The van der Waals surface area contributed by atoms with E-state index in [-0.39, 0.29) is 23.4 Å². The maximum atomic E-state index is 14.2. The molecule has 1 atom stereocenters. The van der Waals surface area contributed by atoms with Crippen LogP contribution in [-0.4, -0.2) is 43.8 Å². The van der Waals surface area contributed by atoms with Gasteiger partial charge in [0, 0.05) is 17.6 Å². The molecule has 3 aromatic rings. The number of aryl methyl sites for hydroxylation is 2. The Bertz CT molecular complexity index is 1470. The van der Waals surface area contributed by atoms with Crippen molar-refractivity contribution in [1.82, 2.24) is 10.2 Å². The first kappa shape index (κ1) is 30.6. The number of halogens is 1. The minimum absolute atomic E-state index is 0.0562. The number of nitrogens with zero attached hydrogens (tertiary/aromatic N) is 2. The molecule has 1 saturated carbocycles. The van der Waals surface area contributed by atoms with E-state index in [9.17, 15) is 18.0 Å². The van der Waals surface area contributed by atoms with Crippen molar-refractivity contribution < 1.29 is 18.0 Å². The molecule has 0 bridgehead atoms. The molecule has 1 aliphatic carbocycles. The molecule has 7 nitrogen and oxygen atoms in total. The summed E-state index contributed by atoms with van der Waals surface area (Å²) >= 11 is 6.30. The van der Waals surface area contributed by atoms with E-state index in [2.05, 4.69) is 5.32 Å². The summed E-state index contributed by atoms with van der Waals surface area (Å²) in [5, 5.41) is 3.48. The Morgan fingerprint density at radius 2 is 1.59 bits per heavy atom. The number of nitrogens with one attached hydrogen (secondary N) is 1. The Balaban J connectivity index is 1.71. The van der Waals surface area contributed by atoms with E-state index < -0.39 is 28.5 Å². The minimum atomic E-state index is -4.14. The average molecular weight is 596 g/mol. The summed E-state index contributed by atoms with van der Waals surface area (Å²) in [6, 6.07) is 19.9. The summed E-state index contributed by atoms with van der Waals surface area (Å²) in [5.74, 6) is -0.728. The number of hydrogen-bond donors (Lipinski definition) is 1. The van der Waals surface area contributed by atoms with Gasteiger partial charge in [0.05, 0.1) is 10.6 Å². The molecule has 3 aromatic carbocycles. The molecule has 2 amide bonds. The molecule has 9 heteroatoms. The predicted octanol–water partition coefficient (Wildman–Crippen LogP) is 6.02. The number of sulfonamides is 1. The van der Waals surface area contributed by atoms with Gasteiger partial charge in [0.25, 0.3) is 10.0 Å². The van der Waals surface area contributed by atoms with Crippen molar-refractivity contribution in [1.29, 1.82) is 0 Å². The lowest BCUT2D eigenvalue weighted by molar-refractivity contribution is -0.139. The van der Waals surface area contributed by atoms with Gasteiger partial charge in [-0.3, -0.25) is 13.9 Å². The van der Waals surface area contributed by atoms with Gasteiger partial charge in [-0.2, -0.15) is 0 Å². The van der Waals surface area contributed by atoms with E-state index in [0.29, 0.717) is 16.3 Å². The number of carbonyl (C=O) groups is 2. The van der Waals surface area contributed by atoms with E-state index in [1.54, 1.807) is 50.2 Å². The van der Waals surface area contributed by atoms with Gasteiger partial charge in [-0.25, -0.2) is 8.42 Å². The van der Waals surface area contributed by atoms with Crippen molar-refractivity contribution in [2.45, 2.75) is 76.4 Å². The van der Waals surface area contributed by atoms with Gasteiger partial charge in [-0.05, 0) is 74.6 Å². The first-order valence-corrected chi connectivity index (χ1v) is 15.9. The summed E-state index contributed by atoms with van der Waals surface area (Å²) in [5.41, 5.74) is 2.82. The minimum Gasteiger partial charge on any atom is -0.352 e. The Kier molecular flexibility index (Phi) is 10.1. The van der Waals surface area contributed by atoms with Crippen LogP contribution in [0.15, 0.2) is 77.7 Å². The molecule has 0 aromatic heterocycles. The van der Waals surface area contributed by atoms with Crippen molar-refractivity contribution in [2.24, 2.45) is 0 Å². The predicted molar refractivity (Wildman–Crippen MR) is 163 cm³/mol. The van der Waals surface area contributed by atoms with Crippen LogP contribution in [-0.2, 0) is 26.2 Å². The molecule has 1 fully saturated rings. The lowest BCUT2D eigenvalue weighted by Crippen LogP contribution is -2.53. The summed E-state index contributed by atoms with van der Waals surface area (Å²) < 4.78 is 29.0. The summed E-state index contributed by atoms with van der Waals surface area (Å²) in [4.78, 5) is 29.1. The van der Waals surface area contributed by atoms with E-state index in [0.717, 1.165) is 47.5 Å². The quantitative estimate of drug-likeness (QED) is 0.311. The fourth-order valence-electron chi connectivity index (χ4n) is 5.21. The van der Waals surface area contributed by atoms with Gasteiger partial charge >= 0.3 is 0 Å². The summed E-state index contributed by atoms with van der Waals surface area (Å²) in [6.45, 7) is 5.10. The van der Waals surface area contributed by atoms with Crippen LogP contribution in [0, 0.1) is 13.8 Å². The molecule has 0 unspecified atom stereocenters. The van der Waals surface area contributed by atoms with E-state index in [1.807, 2.05) is 31.2 Å². The average Bonchev–Trinajstić information content (AvgIpc) is 2.97. The third-order valence-corrected chi connectivity index (χ3v) is 9.78. The molecular weight excluding hydrogens is 558 g/mol. The Morgan fingerprint density at radius 3 is 2.27 bits per heavy atom. The fraction of sp³-hybridized carbons (Fsp3) is 0.375. The third kappa shape index (κ3) is 7.49. The molecule has 218 valence electrons. The number of anilines is 1. The number of hydrogen-bond acceptors (Lipinski definition) is 4. The molecule has 0 radical (unpaired) electrons. The molecule has 0 aliphatic heterocycles. The van der Waals surface area contributed by atoms with Gasteiger partial charge < -0.3 is 10.2 Å². The van der Waals surface area contributed by atoms with Crippen LogP contribution in [0.1, 0.15) is 55.7 Å². The molecule has 1 aliphatic rings. The fourth-order valence-corrected chi connectivity index (χ4v) is 6.86. The van der Waals surface area contributed by atoms with Crippen LogP contribution < -0.4 is 9.62 Å². The Morgan fingerprint density at radius 1 is 0.927 bits per heavy atom. The topological polar surface area (TPSA) is 86.8 Å². The van der Waals surface area contributed by atoms with Crippen molar-refractivity contribution in [2.75, 3.05) is 10.8 Å². The van der Waals surface area contributed by atoms with Crippen LogP contribution in [0.5, 0.6) is 0 Å². The highest BCUT2D eigenvalue weighted by Crippen LogP contribution is 2.30. The monoisotopic (exact) mass is 595 g/mol. The SMILES string of the molecule is Cc1ccccc1CN(C(=O)CN(c1cc(Cl)ccc1C)S(=O)(=O)c1ccccc1)[C@@H](C)C(=O)NC1CCCCC1. The van der Waals surface area contributed by atoms with Crippen LogP contribution >= 0.6 is 11.6 Å². The van der Waals surface area contributed by atoms with E-state index in [1.165, 1.54) is 17.0 Å². The largest absolute Gasteiger partial charge is 0.352 e. The lowest BCUT2D eigenvalue weighted by Gasteiger charge is -2.34. The number of benzene rings is 3. The second-order valence-corrected chi connectivity index (χ2v) is 13.0. The van der Waals surface area contributed by atoms with Crippen LogP contribution in [0.2, 0.25) is 5.02 Å². The molecule has 0 heterocycles. The second kappa shape index (κ2) is 13.5. The van der Waals surface area contributed by atoms with Crippen LogP contribution in [0.4, 0.5) is 5.69 Å². The normalized spacial score (nSPS) is 14.7. The lowest BCUT2D eigenvalue weighted by atomic mass is 9.95. The first-order chi connectivity index (χ1) is 19.6. The highest BCUT2D eigenvalue weighted by atomic mass is 35.5. The van der Waals surface area contributed by atoms with Crippen molar-refractivity contribution in [3.05, 3.63) is 94.5 Å². The van der Waals surface area contributed by atoms with Crippen molar-refractivity contribution in [3.8, 4) is 0 Å². The number of rotatable bonds is 10. The van der Waals surface area contributed by atoms with Gasteiger partial charge in [0.15, 0.2) is 0 Å². The third-order valence-electron chi connectivity index (χ3n) is 7.77. The molecular formula is C32H38ClN3O4S. The van der Waals surface area contributed by atoms with Crippen LogP contribution in [0.25, 0.3) is 0 Å². The highest BCUT2D eigenvalue weighted by molar-refractivity contribution is 7.92. The zero-order chi connectivity index (χ0) is 29.6. The highest BCUT2D eigenvalue weighted by Gasteiger charge is 2.34. The maximum Gasteiger partial charge on any atom is 0.264 e. The maximum absolute atomic E-state index is 14.2. The first-order valence-electron chi connectivity index (χ1n) is 14.1. The van der Waals surface area contributed by atoms with E-state index in [4.69, 9.17) is 11.6 Å². The standard InChI is InChI=1S/C32H38ClN3O4S/c1-23-12-10-11-13-26(23)21-35(25(3)32(38)34-28-14-6-4-7-15-28)31(37)22-36(30-20-27(33)19-18-24(30)2)41(39,40)29-16-8-5-9-17-29/h5,8-13,16-20,25,28H,4,6-7,14-15,21-22H2,1-3H3,(H,34,38)/t25-/m0/s1. The Labute approximate surface area is 248 Å². The summed E-state index contributed by atoms with van der Waals surface area (Å²) in [6.07, 6.45) is 5.13.